The number of para-hydroxylation sites is 1. The lowest BCUT2D eigenvalue weighted by Crippen LogP contribution is -2.22. The first-order chi connectivity index (χ1) is 19.8. The first-order valence-electron chi connectivity index (χ1n) is 13.8. The molecule has 4 aromatic rings. The standard InChI is InChI=1S/C33H35FN2O5/c1-2-9-28-31(33(41)35-25-12-7-4-8-13-25)30(22-10-5-3-6-11-22)32(23-14-16-24(34)17-15-23)36(28)19-18-26(37)20-27(38)21-29(39)40/h3-8,10-17,26-27,37-38H,2,9,18-21H2,1H3,(H,35,41)(H,39,40). The number of carbonyl (C=O) groups excluding carboxylic acids is 1. The average molecular weight is 559 g/mol. The zero-order valence-electron chi connectivity index (χ0n) is 23.0. The number of hydrogen-bond donors (Lipinski definition) is 4. The Morgan fingerprint density at radius 2 is 1.51 bits per heavy atom. The molecule has 0 fully saturated rings. The number of halogens is 1. The second-order valence-electron chi connectivity index (χ2n) is 10.1. The van der Waals surface area contributed by atoms with Crippen LogP contribution in [0.1, 0.15) is 48.7 Å². The smallest absolute Gasteiger partial charge is 0.305 e. The summed E-state index contributed by atoms with van der Waals surface area (Å²) < 4.78 is 16.0. The van der Waals surface area contributed by atoms with Crippen LogP contribution in [0, 0.1) is 5.82 Å². The highest BCUT2D eigenvalue weighted by Crippen LogP contribution is 2.41. The molecule has 0 aliphatic rings. The van der Waals surface area contributed by atoms with E-state index in [9.17, 15) is 24.2 Å². The summed E-state index contributed by atoms with van der Waals surface area (Å²) in [5.41, 5.74) is 4.88. The Morgan fingerprint density at radius 3 is 2.12 bits per heavy atom. The van der Waals surface area contributed by atoms with Gasteiger partial charge in [0.1, 0.15) is 5.82 Å². The van der Waals surface area contributed by atoms with Crippen LogP contribution in [-0.4, -0.2) is 44.0 Å². The van der Waals surface area contributed by atoms with E-state index in [1.807, 2.05) is 72.2 Å². The minimum Gasteiger partial charge on any atom is -0.481 e. The van der Waals surface area contributed by atoms with Crippen molar-refractivity contribution in [1.29, 1.82) is 0 Å². The van der Waals surface area contributed by atoms with Crippen molar-refractivity contribution in [3.05, 3.63) is 102 Å². The molecule has 0 radical (unpaired) electrons. The predicted octanol–water partition coefficient (Wildman–Crippen LogP) is 6.14. The Kier molecular flexibility index (Phi) is 10.1. The van der Waals surface area contributed by atoms with Gasteiger partial charge in [-0.3, -0.25) is 9.59 Å². The third-order valence-electron chi connectivity index (χ3n) is 6.94. The van der Waals surface area contributed by atoms with Crippen molar-refractivity contribution in [2.24, 2.45) is 0 Å². The van der Waals surface area contributed by atoms with E-state index in [0.717, 1.165) is 23.4 Å². The summed E-state index contributed by atoms with van der Waals surface area (Å²) in [5, 5.41) is 32.8. The molecule has 8 heteroatoms. The zero-order valence-corrected chi connectivity index (χ0v) is 23.0. The summed E-state index contributed by atoms with van der Waals surface area (Å²) in [6, 6.07) is 24.8. The zero-order chi connectivity index (χ0) is 29.4. The summed E-state index contributed by atoms with van der Waals surface area (Å²) in [4.78, 5) is 25.0. The van der Waals surface area contributed by atoms with Gasteiger partial charge >= 0.3 is 5.97 Å². The van der Waals surface area contributed by atoms with Crippen LogP contribution in [0.3, 0.4) is 0 Å². The molecule has 0 saturated heterocycles. The van der Waals surface area contributed by atoms with Gasteiger partial charge in [-0.05, 0) is 66.8 Å². The average Bonchev–Trinajstić information content (AvgIpc) is 3.27. The van der Waals surface area contributed by atoms with Gasteiger partial charge in [0, 0.05) is 23.5 Å². The molecule has 7 nitrogen and oxygen atoms in total. The number of aliphatic carboxylic acids is 1. The van der Waals surface area contributed by atoms with E-state index in [1.165, 1.54) is 12.1 Å². The molecular weight excluding hydrogens is 523 g/mol. The number of anilines is 1. The second kappa shape index (κ2) is 13.9. The SMILES string of the molecule is CCCc1c(C(=O)Nc2ccccc2)c(-c2ccccc2)c(-c2ccc(F)cc2)n1CCC(O)CC(O)CC(=O)O. The van der Waals surface area contributed by atoms with Crippen molar-refractivity contribution < 1.29 is 29.3 Å². The Morgan fingerprint density at radius 1 is 0.878 bits per heavy atom. The van der Waals surface area contributed by atoms with Crippen molar-refractivity contribution in [1.82, 2.24) is 4.57 Å². The number of carboxylic acid groups (broad SMARTS) is 1. The molecule has 4 rings (SSSR count). The minimum absolute atomic E-state index is 0.0878. The topological polar surface area (TPSA) is 112 Å². The second-order valence-corrected chi connectivity index (χ2v) is 10.1. The Hall–Kier alpha value is -4.27. The maximum atomic E-state index is 14.0. The van der Waals surface area contributed by atoms with E-state index in [-0.39, 0.29) is 24.6 Å². The lowest BCUT2D eigenvalue weighted by molar-refractivity contribution is -0.139. The van der Waals surface area contributed by atoms with Gasteiger partial charge in [-0.15, -0.1) is 0 Å². The fraction of sp³-hybridized carbons (Fsp3) is 0.273. The molecule has 41 heavy (non-hydrogen) atoms. The van der Waals surface area contributed by atoms with E-state index < -0.39 is 24.6 Å². The number of nitrogens with one attached hydrogen (secondary N) is 1. The Balaban J connectivity index is 1.88. The number of hydrogen-bond acceptors (Lipinski definition) is 4. The quantitative estimate of drug-likeness (QED) is 0.157. The van der Waals surface area contributed by atoms with Crippen molar-refractivity contribution in [2.75, 3.05) is 5.32 Å². The van der Waals surface area contributed by atoms with E-state index in [4.69, 9.17) is 5.11 Å². The van der Waals surface area contributed by atoms with Gasteiger partial charge in [0.15, 0.2) is 0 Å². The summed E-state index contributed by atoms with van der Waals surface area (Å²) in [7, 11) is 0. The minimum atomic E-state index is -1.18. The van der Waals surface area contributed by atoms with Crippen LogP contribution in [0.15, 0.2) is 84.9 Å². The van der Waals surface area contributed by atoms with Crippen LogP contribution in [0.2, 0.25) is 0 Å². The number of aliphatic hydroxyl groups is 2. The van der Waals surface area contributed by atoms with E-state index >= 15 is 0 Å². The van der Waals surface area contributed by atoms with Gasteiger partial charge in [-0.1, -0.05) is 61.9 Å². The molecule has 1 heterocycles. The molecule has 3 aromatic carbocycles. The molecular formula is C33H35FN2O5. The maximum absolute atomic E-state index is 14.0. The summed E-state index contributed by atoms with van der Waals surface area (Å²) in [6.45, 7) is 2.31. The Bertz CT molecular complexity index is 1450. The summed E-state index contributed by atoms with van der Waals surface area (Å²) in [6.07, 6.45) is -1.16. The molecule has 0 saturated carbocycles. The number of benzene rings is 3. The number of rotatable bonds is 13. The van der Waals surface area contributed by atoms with Crippen LogP contribution < -0.4 is 5.32 Å². The third-order valence-corrected chi connectivity index (χ3v) is 6.94. The molecule has 0 aliphatic heterocycles. The molecule has 2 unspecified atom stereocenters. The molecule has 0 aliphatic carbocycles. The molecule has 2 atom stereocenters. The third kappa shape index (κ3) is 7.48. The molecule has 0 bridgehead atoms. The van der Waals surface area contributed by atoms with Crippen molar-refractivity contribution >= 4 is 17.6 Å². The number of carboxylic acids is 1. The lowest BCUT2D eigenvalue weighted by Gasteiger charge is -2.18. The van der Waals surface area contributed by atoms with Crippen LogP contribution in [0.5, 0.6) is 0 Å². The number of carbonyl (C=O) groups is 2. The highest BCUT2D eigenvalue weighted by atomic mass is 19.1. The normalized spacial score (nSPS) is 12.6. The van der Waals surface area contributed by atoms with Crippen LogP contribution >= 0.6 is 0 Å². The maximum Gasteiger partial charge on any atom is 0.305 e. The molecule has 214 valence electrons. The van der Waals surface area contributed by atoms with Gasteiger partial charge in [0.05, 0.1) is 29.9 Å². The van der Waals surface area contributed by atoms with Gasteiger partial charge in [0.2, 0.25) is 0 Å². The number of aliphatic hydroxyl groups excluding tert-OH is 2. The summed E-state index contributed by atoms with van der Waals surface area (Å²) >= 11 is 0. The Labute approximate surface area is 238 Å². The van der Waals surface area contributed by atoms with Crippen LogP contribution in [0.4, 0.5) is 10.1 Å². The highest BCUT2D eigenvalue weighted by Gasteiger charge is 2.29. The largest absolute Gasteiger partial charge is 0.481 e. The molecule has 0 spiro atoms. The van der Waals surface area contributed by atoms with Crippen molar-refractivity contribution in [2.45, 2.75) is 57.8 Å². The monoisotopic (exact) mass is 558 g/mol. The molecule has 4 N–H and O–H groups in total. The number of amides is 1. The lowest BCUT2D eigenvalue weighted by atomic mass is 9.95. The van der Waals surface area contributed by atoms with Crippen molar-refractivity contribution in [3.63, 3.8) is 0 Å². The first kappa shape index (κ1) is 29.7. The number of nitrogens with zero attached hydrogens (tertiary/aromatic N) is 1. The van der Waals surface area contributed by atoms with E-state index in [2.05, 4.69) is 5.32 Å². The van der Waals surface area contributed by atoms with Gasteiger partial charge in [-0.25, -0.2) is 4.39 Å². The van der Waals surface area contributed by atoms with Crippen LogP contribution in [0.25, 0.3) is 22.4 Å². The van der Waals surface area contributed by atoms with E-state index in [1.54, 1.807) is 12.1 Å². The van der Waals surface area contributed by atoms with Crippen molar-refractivity contribution in [3.8, 4) is 22.4 Å². The van der Waals surface area contributed by atoms with Gasteiger partial charge in [0.25, 0.3) is 5.91 Å². The molecule has 1 amide bonds. The van der Waals surface area contributed by atoms with E-state index in [0.29, 0.717) is 35.3 Å². The predicted molar refractivity (Wildman–Crippen MR) is 157 cm³/mol. The van der Waals surface area contributed by atoms with Gasteiger partial charge in [-0.2, -0.15) is 0 Å². The van der Waals surface area contributed by atoms with Gasteiger partial charge < -0.3 is 25.2 Å². The van der Waals surface area contributed by atoms with Crippen LogP contribution in [-0.2, 0) is 17.8 Å². The number of aromatic nitrogens is 1. The fourth-order valence-electron chi connectivity index (χ4n) is 5.16. The fourth-order valence-corrected chi connectivity index (χ4v) is 5.16. The molecule has 1 aromatic heterocycles. The first-order valence-corrected chi connectivity index (χ1v) is 13.8. The summed E-state index contributed by atoms with van der Waals surface area (Å²) in [5.74, 6) is -1.80. The highest BCUT2D eigenvalue weighted by molar-refractivity contribution is 6.12.